The van der Waals surface area contributed by atoms with Crippen molar-refractivity contribution in [2.75, 3.05) is 0 Å². The summed E-state index contributed by atoms with van der Waals surface area (Å²) in [6.07, 6.45) is 7.64. The summed E-state index contributed by atoms with van der Waals surface area (Å²) in [6.45, 7) is 1.75. The zero-order valence-corrected chi connectivity index (χ0v) is 12.5. The maximum absolute atomic E-state index is 12.5. The summed E-state index contributed by atoms with van der Waals surface area (Å²) in [5, 5.41) is 6.54. The van der Waals surface area contributed by atoms with Crippen molar-refractivity contribution in [3.8, 4) is 0 Å². The van der Waals surface area contributed by atoms with Gasteiger partial charge in [0.05, 0.1) is 11.9 Å². The number of hydrogen-bond donors (Lipinski definition) is 2. The van der Waals surface area contributed by atoms with Crippen LogP contribution in [0.4, 0.5) is 0 Å². The second-order valence-electron chi connectivity index (χ2n) is 6.94. The molecule has 0 amide bonds. The van der Waals surface area contributed by atoms with Gasteiger partial charge in [-0.2, -0.15) is 5.10 Å². The van der Waals surface area contributed by atoms with Crippen molar-refractivity contribution in [1.82, 2.24) is 14.9 Å². The molecule has 0 aliphatic heterocycles. The van der Waals surface area contributed by atoms with Crippen molar-refractivity contribution in [2.45, 2.75) is 50.0 Å². The van der Waals surface area contributed by atoms with E-state index < -0.39 is 10.0 Å². The second kappa shape index (κ2) is 4.31. The Balaban J connectivity index is 1.59. The van der Waals surface area contributed by atoms with Crippen molar-refractivity contribution >= 4 is 10.0 Å². The largest absolute Gasteiger partial charge is 0.281 e. The molecule has 4 saturated carbocycles. The number of aromatic nitrogens is 2. The standard InChI is InChI=1S/C14H21N3O2S/c1-8-13(7-15-16-8)20(18,19)17-14-11-3-9-2-10(5-11)6-12(14)4-9/h7,9-12,14,17H,2-6H2,1H3,(H,15,16). The van der Waals surface area contributed by atoms with E-state index in [1.807, 2.05) is 0 Å². The molecule has 2 N–H and O–H groups in total. The Morgan fingerprint density at radius 2 is 1.75 bits per heavy atom. The lowest BCUT2D eigenvalue weighted by atomic mass is 9.54. The van der Waals surface area contributed by atoms with E-state index in [0.29, 0.717) is 22.4 Å². The summed E-state index contributed by atoms with van der Waals surface area (Å²) >= 11 is 0. The molecule has 6 heteroatoms. The minimum absolute atomic E-state index is 0.141. The number of nitrogens with zero attached hydrogens (tertiary/aromatic N) is 1. The summed E-state index contributed by atoms with van der Waals surface area (Å²) < 4.78 is 28.1. The zero-order chi connectivity index (χ0) is 13.9. The second-order valence-corrected chi connectivity index (χ2v) is 8.62. The zero-order valence-electron chi connectivity index (χ0n) is 11.7. The van der Waals surface area contributed by atoms with Crippen molar-refractivity contribution in [3.63, 3.8) is 0 Å². The van der Waals surface area contributed by atoms with E-state index in [4.69, 9.17) is 0 Å². The topological polar surface area (TPSA) is 74.8 Å². The normalized spacial score (nSPS) is 39.4. The molecule has 0 saturated heterocycles. The molecular weight excluding hydrogens is 274 g/mol. The van der Waals surface area contributed by atoms with E-state index in [0.717, 1.165) is 11.8 Å². The number of aryl methyl sites for hydroxylation is 1. The third kappa shape index (κ3) is 1.92. The van der Waals surface area contributed by atoms with Gasteiger partial charge >= 0.3 is 0 Å². The lowest BCUT2D eigenvalue weighted by molar-refractivity contribution is -0.00558. The van der Waals surface area contributed by atoms with Crippen LogP contribution in [0.1, 0.15) is 37.8 Å². The minimum atomic E-state index is -3.44. The van der Waals surface area contributed by atoms with Gasteiger partial charge in [0.25, 0.3) is 0 Å². The number of aromatic amines is 1. The first-order valence-electron chi connectivity index (χ1n) is 7.55. The third-order valence-corrected chi connectivity index (χ3v) is 7.16. The van der Waals surface area contributed by atoms with Crippen LogP contribution in [0.5, 0.6) is 0 Å². The highest BCUT2D eigenvalue weighted by Crippen LogP contribution is 2.53. The third-order valence-electron chi connectivity index (χ3n) is 5.59. The van der Waals surface area contributed by atoms with Gasteiger partial charge in [0.15, 0.2) is 0 Å². The molecule has 0 unspecified atom stereocenters. The monoisotopic (exact) mass is 295 g/mol. The fourth-order valence-corrected chi connectivity index (χ4v) is 6.48. The Bertz CT molecular complexity index is 594. The summed E-state index contributed by atoms with van der Waals surface area (Å²) in [6, 6.07) is 0.141. The Hall–Kier alpha value is -0.880. The minimum Gasteiger partial charge on any atom is -0.281 e. The Morgan fingerprint density at radius 1 is 1.15 bits per heavy atom. The van der Waals surface area contributed by atoms with E-state index in [-0.39, 0.29) is 6.04 Å². The summed E-state index contributed by atoms with van der Waals surface area (Å²) in [5.74, 6) is 2.81. The maximum atomic E-state index is 12.5. The highest BCUT2D eigenvalue weighted by atomic mass is 32.2. The van der Waals surface area contributed by atoms with Crippen molar-refractivity contribution < 1.29 is 8.42 Å². The molecule has 5 rings (SSSR count). The number of rotatable bonds is 3. The highest BCUT2D eigenvalue weighted by molar-refractivity contribution is 7.89. The predicted molar refractivity (Wildman–Crippen MR) is 74.5 cm³/mol. The summed E-state index contributed by atoms with van der Waals surface area (Å²) in [5.41, 5.74) is 0.612. The van der Waals surface area contributed by atoms with E-state index >= 15 is 0 Å². The van der Waals surface area contributed by atoms with Gasteiger partial charge in [-0.15, -0.1) is 0 Å². The van der Waals surface area contributed by atoms with Crippen LogP contribution < -0.4 is 4.72 Å². The van der Waals surface area contributed by atoms with Gasteiger partial charge in [-0.25, -0.2) is 13.1 Å². The lowest BCUT2D eigenvalue weighted by Gasteiger charge is -2.54. The first-order valence-corrected chi connectivity index (χ1v) is 9.03. The quantitative estimate of drug-likeness (QED) is 0.893. The summed E-state index contributed by atoms with van der Waals surface area (Å²) in [7, 11) is -3.44. The molecule has 4 fully saturated rings. The predicted octanol–water partition coefficient (Wildman–Crippen LogP) is 1.82. The van der Waals surface area contributed by atoms with E-state index in [9.17, 15) is 8.42 Å². The molecule has 0 spiro atoms. The maximum Gasteiger partial charge on any atom is 0.244 e. The van der Waals surface area contributed by atoms with Crippen LogP contribution in [-0.2, 0) is 10.0 Å². The van der Waals surface area contributed by atoms with Crippen LogP contribution in [0.2, 0.25) is 0 Å². The first-order chi connectivity index (χ1) is 9.53. The number of H-pyrrole nitrogens is 1. The number of sulfonamides is 1. The summed E-state index contributed by atoms with van der Waals surface area (Å²) in [4.78, 5) is 0.298. The smallest absolute Gasteiger partial charge is 0.244 e. The van der Waals surface area contributed by atoms with Gasteiger partial charge in [0.1, 0.15) is 4.90 Å². The van der Waals surface area contributed by atoms with Gasteiger partial charge in [-0.3, -0.25) is 5.10 Å². The molecule has 0 atom stereocenters. The fraction of sp³-hybridized carbons (Fsp3) is 0.786. The molecule has 1 aromatic heterocycles. The molecule has 110 valence electrons. The molecule has 0 radical (unpaired) electrons. The molecular formula is C14H21N3O2S. The van der Waals surface area contributed by atoms with Crippen LogP contribution in [0, 0.1) is 30.6 Å². The molecule has 4 aliphatic rings. The Labute approximate surface area is 119 Å². The van der Waals surface area contributed by atoms with Crippen molar-refractivity contribution in [2.24, 2.45) is 23.7 Å². The van der Waals surface area contributed by atoms with Gasteiger partial charge in [-0.1, -0.05) is 0 Å². The molecule has 20 heavy (non-hydrogen) atoms. The van der Waals surface area contributed by atoms with Crippen LogP contribution in [0.15, 0.2) is 11.1 Å². The Kier molecular flexibility index (Phi) is 2.76. The van der Waals surface area contributed by atoms with Crippen molar-refractivity contribution in [1.29, 1.82) is 0 Å². The number of hydrogen-bond acceptors (Lipinski definition) is 3. The van der Waals surface area contributed by atoms with Crippen molar-refractivity contribution in [3.05, 3.63) is 11.9 Å². The van der Waals surface area contributed by atoms with Gasteiger partial charge < -0.3 is 0 Å². The molecule has 0 aromatic carbocycles. The Morgan fingerprint density at radius 3 is 2.25 bits per heavy atom. The molecule has 1 heterocycles. The molecule has 1 aromatic rings. The fourth-order valence-electron chi connectivity index (χ4n) is 4.97. The average molecular weight is 295 g/mol. The SMILES string of the molecule is Cc1[nH]ncc1S(=O)(=O)NC1C2CC3CC(C2)CC1C3. The average Bonchev–Trinajstić information content (AvgIpc) is 2.80. The molecule has 4 bridgehead atoms. The van der Waals surface area contributed by atoms with E-state index in [1.54, 1.807) is 6.92 Å². The van der Waals surface area contributed by atoms with Crippen LogP contribution >= 0.6 is 0 Å². The lowest BCUT2D eigenvalue weighted by Crippen LogP contribution is -2.55. The van der Waals surface area contributed by atoms with Gasteiger partial charge in [-0.05, 0) is 62.7 Å². The molecule has 5 nitrogen and oxygen atoms in total. The van der Waals surface area contributed by atoms with Gasteiger partial charge in [0, 0.05) is 6.04 Å². The first kappa shape index (κ1) is 12.8. The van der Waals surface area contributed by atoms with Gasteiger partial charge in [0.2, 0.25) is 10.0 Å². The number of nitrogens with one attached hydrogen (secondary N) is 2. The van der Waals surface area contributed by atoms with Crippen LogP contribution in [0.25, 0.3) is 0 Å². The van der Waals surface area contributed by atoms with Crippen LogP contribution in [0.3, 0.4) is 0 Å². The molecule has 4 aliphatic carbocycles. The van der Waals surface area contributed by atoms with Crippen LogP contribution in [-0.4, -0.2) is 24.7 Å². The van der Waals surface area contributed by atoms with E-state index in [2.05, 4.69) is 14.9 Å². The highest BCUT2D eigenvalue weighted by Gasteiger charge is 2.49. The van der Waals surface area contributed by atoms with E-state index in [1.165, 1.54) is 38.3 Å².